The van der Waals surface area contributed by atoms with Crippen LogP contribution in [0.1, 0.15) is 84.1 Å². The van der Waals surface area contributed by atoms with Crippen LogP contribution in [0.15, 0.2) is 47.1 Å². The summed E-state index contributed by atoms with van der Waals surface area (Å²) in [5.41, 5.74) is 13.9. The highest BCUT2D eigenvalue weighted by Gasteiger charge is 2.32. The van der Waals surface area contributed by atoms with Crippen LogP contribution in [0.5, 0.6) is 0 Å². The second kappa shape index (κ2) is 20.0. The number of para-hydroxylation sites is 1. The van der Waals surface area contributed by atoms with Crippen LogP contribution in [-0.4, -0.2) is 95.0 Å². The second-order valence-corrected chi connectivity index (χ2v) is 12.9. The topological polar surface area (TPSA) is 196 Å². The number of guanidine groups is 1. The predicted molar refractivity (Wildman–Crippen MR) is 191 cm³/mol. The van der Waals surface area contributed by atoms with Gasteiger partial charge in [0.15, 0.2) is 5.96 Å². The first-order chi connectivity index (χ1) is 23.5. The summed E-state index contributed by atoms with van der Waals surface area (Å²) in [6.07, 6.45) is 8.23. The molecule has 4 amide bonds. The van der Waals surface area contributed by atoms with Crippen LogP contribution >= 0.6 is 0 Å². The van der Waals surface area contributed by atoms with E-state index in [4.69, 9.17) is 11.5 Å². The van der Waals surface area contributed by atoms with Crippen molar-refractivity contribution in [2.75, 3.05) is 32.7 Å². The maximum atomic E-state index is 14.4. The standard InChI is InChI=1S/C36H54N8O5/c1-4-27(45)11-6-5-7-14-31-35(49)44(21-17-26-23-40-29-13-9-8-12-28(26)29)24-33(47)43(20-16-25(2)3)22-18-32(46)41-30(34(48)42-31)15-10-19-39-36(37)38/h8-9,12-13,16,23,30-31,40H,4-7,10-11,14-15,17-22,24H2,1-3H3,(H,41,46)(H,42,48)(H4,37,38,39)/t30-,31-/m0/s1. The van der Waals surface area contributed by atoms with Crippen LogP contribution in [-0.2, 0) is 30.4 Å². The molecule has 0 aliphatic carbocycles. The third-order valence-electron chi connectivity index (χ3n) is 8.70. The number of carbonyl (C=O) groups is 5. The molecule has 13 heteroatoms. The van der Waals surface area contributed by atoms with Crippen molar-refractivity contribution in [3.8, 4) is 0 Å². The number of amides is 4. The maximum Gasteiger partial charge on any atom is 0.245 e. The van der Waals surface area contributed by atoms with Crippen LogP contribution in [0.2, 0.25) is 0 Å². The first kappa shape index (κ1) is 38.8. The fourth-order valence-corrected chi connectivity index (χ4v) is 5.78. The smallest absolute Gasteiger partial charge is 0.245 e. The Morgan fingerprint density at radius 2 is 1.73 bits per heavy atom. The number of nitrogens with one attached hydrogen (secondary N) is 3. The van der Waals surface area contributed by atoms with E-state index < -0.39 is 18.0 Å². The predicted octanol–water partition coefficient (Wildman–Crippen LogP) is 2.69. The first-order valence-corrected chi connectivity index (χ1v) is 17.4. The molecule has 1 aliphatic rings. The van der Waals surface area contributed by atoms with Crippen molar-refractivity contribution in [3.05, 3.63) is 47.7 Å². The largest absolute Gasteiger partial charge is 0.370 e. The molecule has 49 heavy (non-hydrogen) atoms. The van der Waals surface area contributed by atoms with E-state index in [0.717, 1.165) is 22.0 Å². The molecule has 0 saturated carbocycles. The minimum Gasteiger partial charge on any atom is -0.370 e. The first-order valence-electron chi connectivity index (χ1n) is 17.4. The molecule has 3 rings (SSSR count). The lowest BCUT2D eigenvalue weighted by molar-refractivity contribution is -0.142. The number of fused-ring (bicyclic) bond motifs is 1. The van der Waals surface area contributed by atoms with E-state index in [-0.39, 0.29) is 75.0 Å². The van der Waals surface area contributed by atoms with Crippen LogP contribution < -0.4 is 22.1 Å². The Morgan fingerprint density at radius 3 is 2.47 bits per heavy atom. The van der Waals surface area contributed by atoms with Crippen LogP contribution in [0.3, 0.4) is 0 Å². The van der Waals surface area contributed by atoms with Crippen molar-refractivity contribution < 1.29 is 24.0 Å². The van der Waals surface area contributed by atoms with Crippen LogP contribution in [0.4, 0.5) is 0 Å². The summed E-state index contributed by atoms with van der Waals surface area (Å²) < 4.78 is 0. The number of aromatic amines is 1. The number of benzene rings is 1. The molecule has 2 heterocycles. The van der Waals surface area contributed by atoms with Gasteiger partial charge in [-0.25, -0.2) is 0 Å². The number of nitrogens with zero attached hydrogens (tertiary/aromatic N) is 3. The summed E-state index contributed by atoms with van der Waals surface area (Å²) in [6, 6.07) is 6.03. The number of H-pyrrole nitrogens is 1. The van der Waals surface area contributed by atoms with Gasteiger partial charge < -0.3 is 36.9 Å². The zero-order chi connectivity index (χ0) is 35.8. The number of rotatable bonds is 16. The summed E-state index contributed by atoms with van der Waals surface area (Å²) in [5.74, 6) is -1.39. The molecular weight excluding hydrogens is 624 g/mol. The van der Waals surface area contributed by atoms with Gasteiger partial charge in [0.05, 0.1) is 6.54 Å². The highest BCUT2D eigenvalue weighted by atomic mass is 16.2. The zero-order valence-electron chi connectivity index (χ0n) is 29.3. The Balaban J connectivity index is 1.93. The number of ketones is 1. The minimum atomic E-state index is -0.936. The Hall–Kier alpha value is -4.68. The average molecular weight is 679 g/mol. The van der Waals surface area contributed by atoms with Crippen molar-refractivity contribution in [3.63, 3.8) is 0 Å². The van der Waals surface area contributed by atoms with Crippen molar-refractivity contribution >= 4 is 46.3 Å². The molecule has 7 N–H and O–H groups in total. The molecule has 0 unspecified atom stereocenters. The molecule has 0 radical (unpaired) electrons. The molecule has 1 aromatic heterocycles. The van der Waals surface area contributed by atoms with Crippen molar-refractivity contribution in [1.29, 1.82) is 0 Å². The third kappa shape index (κ3) is 13.0. The molecule has 1 aliphatic heterocycles. The maximum absolute atomic E-state index is 14.4. The number of hydrogen-bond acceptors (Lipinski definition) is 6. The third-order valence-corrected chi connectivity index (χ3v) is 8.70. The van der Waals surface area contributed by atoms with Gasteiger partial charge in [-0.05, 0) is 57.6 Å². The number of aromatic nitrogens is 1. The highest BCUT2D eigenvalue weighted by molar-refractivity contribution is 5.94. The number of allylic oxidation sites excluding steroid dienone is 1. The molecule has 1 saturated heterocycles. The quantitative estimate of drug-likeness (QED) is 0.0779. The Morgan fingerprint density at radius 1 is 0.980 bits per heavy atom. The minimum absolute atomic E-state index is 0.0107. The van der Waals surface area contributed by atoms with Gasteiger partial charge in [-0.15, -0.1) is 0 Å². The highest BCUT2D eigenvalue weighted by Crippen LogP contribution is 2.19. The summed E-state index contributed by atoms with van der Waals surface area (Å²) in [6.45, 7) is 6.44. The molecular formula is C36H54N8O5. The average Bonchev–Trinajstić information content (AvgIpc) is 3.49. The van der Waals surface area contributed by atoms with Gasteiger partial charge in [-0.2, -0.15) is 0 Å². The Kier molecular flexibility index (Phi) is 15.8. The van der Waals surface area contributed by atoms with Crippen LogP contribution in [0, 0.1) is 0 Å². The van der Waals surface area contributed by atoms with E-state index in [1.807, 2.05) is 57.3 Å². The molecule has 1 aromatic carbocycles. The Labute approximate surface area is 289 Å². The van der Waals surface area contributed by atoms with E-state index in [2.05, 4.69) is 20.6 Å². The van der Waals surface area contributed by atoms with Gasteiger partial charge in [0.25, 0.3) is 0 Å². The molecule has 1 fully saturated rings. The van der Waals surface area contributed by atoms with Gasteiger partial charge in [0.2, 0.25) is 23.6 Å². The lowest BCUT2D eigenvalue weighted by atomic mass is 10.0. The lowest BCUT2D eigenvalue weighted by Crippen LogP contribution is -2.55. The van der Waals surface area contributed by atoms with Crippen molar-refractivity contribution in [2.24, 2.45) is 16.5 Å². The summed E-state index contributed by atoms with van der Waals surface area (Å²) >= 11 is 0. The fourth-order valence-electron chi connectivity index (χ4n) is 5.78. The molecule has 0 spiro atoms. The van der Waals surface area contributed by atoms with E-state index in [1.54, 1.807) is 4.90 Å². The number of Topliss-reactive ketones (excluding diaryl/α,β-unsaturated/α-hetero) is 1. The monoisotopic (exact) mass is 678 g/mol. The SMILES string of the molecule is CCC(=O)CCCCC[C@@H]1NC(=O)[C@H](CCCN=C(N)N)NC(=O)CCN(CC=C(C)C)C(=O)CN(CCc2c[nH]c3ccccc23)C1=O. The van der Waals surface area contributed by atoms with Gasteiger partial charge in [-0.3, -0.25) is 29.0 Å². The number of hydrogen-bond donors (Lipinski definition) is 5. The van der Waals surface area contributed by atoms with Gasteiger partial charge >= 0.3 is 0 Å². The van der Waals surface area contributed by atoms with Crippen molar-refractivity contribution in [1.82, 2.24) is 25.4 Å². The summed E-state index contributed by atoms with van der Waals surface area (Å²) in [7, 11) is 0. The van der Waals surface area contributed by atoms with Crippen LogP contribution in [0.25, 0.3) is 10.9 Å². The molecule has 2 atom stereocenters. The Bertz CT molecular complexity index is 1490. The van der Waals surface area contributed by atoms with E-state index in [0.29, 0.717) is 51.4 Å². The zero-order valence-corrected chi connectivity index (χ0v) is 29.3. The molecule has 13 nitrogen and oxygen atoms in total. The van der Waals surface area contributed by atoms with Crippen molar-refractivity contribution in [2.45, 2.75) is 97.1 Å². The normalized spacial score (nSPS) is 17.9. The van der Waals surface area contributed by atoms with Gasteiger partial charge in [0, 0.05) is 62.5 Å². The molecule has 0 bridgehead atoms. The number of nitrogens with two attached hydrogens (primary N) is 2. The van der Waals surface area contributed by atoms with Gasteiger partial charge in [-0.1, -0.05) is 49.6 Å². The van der Waals surface area contributed by atoms with E-state index >= 15 is 0 Å². The van der Waals surface area contributed by atoms with E-state index in [1.165, 1.54) is 4.90 Å². The van der Waals surface area contributed by atoms with Gasteiger partial charge in [0.1, 0.15) is 17.9 Å². The second-order valence-electron chi connectivity index (χ2n) is 12.9. The van der Waals surface area contributed by atoms with E-state index in [9.17, 15) is 24.0 Å². The summed E-state index contributed by atoms with van der Waals surface area (Å²) in [5, 5.41) is 6.77. The summed E-state index contributed by atoms with van der Waals surface area (Å²) in [4.78, 5) is 77.3. The lowest BCUT2D eigenvalue weighted by Gasteiger charge is -2.30. The number of unbranched alkanes of at least 4 members (excludes halogenated alkanes) is 2. The number of carbonyl (C=O) groups excluding carboxylic acids is 5. The molecule has 2 aromatic rings. The fraction of sp³-hybridized carbons (Fsp3) is 0.556. The number of aliphatic imine (C=N–C) groups is 1. The molecule has 268 valence electrons.